The number of hydrogen-bond acceptors (Lipinski definition) is 6. The van der Waals surface area contributed by atoms with Gasteiger partial charge >= 0.3 is 0 Å². The van der Waals surface area contributed by atoms with Crippen LogP contribution < -0.4 is 19.5 Å². The van der Waals surface area contributed by atoms with E-state index in [0.717, 1.165) is 29.8 Å². The fourth-order valence-corrected chi connectivity index (χ4v) is 5.28. The molecule has 6 nitrogen and oxygen atoms in total. The molecule has 1 aliphatic heterocycles. The number of ether oxygens (including phenoxy) is 3. The summed E-state index contributed by atoms with van der Waals surface area (Å²) in [7, 11) is 4.85. The molecule has 1 atom stereocenters. The summed E-state index contributed by atoms with van der Waals surface area (Å²) in [5.41, 5.74) is 3.82. The van der Waals surface area contributed by atoms with Crippen molar-refractivity contribution in [3.8, 4) is 17.2 Å². The molecule has 1 N–H and O–H groups in total. The third-order valence-electron chi connectivity index (χ3n) is 5.89. The number of amides is 1. The minimum Gasteiger partial charge on any atom is -0.495 e. The summed E-state index contributed by atoms with van der Waals surface area (Å²) in [5.74, 6) is 1.83. The van der Waals surface area contributed by atoms with E-state index in [1.54, 1.807) is 38.7 Å². The Morgan fingerprint density at radius 1 is 1.12 bits per heavy atom. The van der Waals surface area contributed by atoms with Crippen LogP contribution in [0.15, 0.2) is 41.8 Å². The molecule has 0 unspecified atom stereocenters. The Kier molecular flexibility index (Phi) is 7.12. The van der Waals surface area contributed by atoms with Crippen LogP contribution in [0, 0.1) is 6.92 Å². The van der Waals surface area contributed by atoms with Crippen LogP contribution in [0.1, 0.15) is 27.6 Å². The lowest BCUT2D eigenvalue weighted by Crippen LogP contribution is -2.41. The van der Waals surface area contributed by atoms with Crippen molar-refractivity contribution in [1.82, 2.24) is 4.90 Å². The first-order valence-corrected chi connectivity index (χ1v) is 11.9. The number of hydrogen-bond donors (Lipinski definition) is 1. The Labute approximate surface area is 203 Å². The molecule has 0 saturated carbocycles. The van der Waals surface area contributed by atoms with E-state index in [0.29, 0.717) is 22.2 Å². The minimum absolute atomic E-state index is 0.0480. The second-order valence-electron chi connectivity index (χ2n) is 7.89. The van der Waals surface area contributed by atoms with Gasteiger partial charge in [0, 0.05) is 22.5 Å². The summed E-state index contributed by atoms with van der Waals surface area (Å²) in [4.78, 5) is 16.5. The number of carbonyl (C=O) groups excluding carboxylic acids is 1. The maximum Gasteiger partial charge on any atom is 0.238 e. The van der Waals surface area contributed by atoms with Crippen molar-refractivity contribution in [1.29, 1.82) is 0 Å². The van der Waals surface area contributed by atoms with Gasteiger partial charge in [-0.15, -0.1) is 11.3 Å². The first kappa shape index (κ1) is 23.4. The van der Waals surface area contributed by atoms with Gasteiger partial charge in [-0.1, -0.05) is 17.7 Å². The molecule has 3 aromatic rings. The van der Waals surface area contributed by atoms with E-state index in [1.165, 1.54) is 10.4 Å². The van der Waals surface area contributed by atoms with Gasteiger partial charge in [-0.25, -0.2) is 0 Å². The molecule has 2 heterocycles. The van der Waals surface area contributed by atoms with Gasteiger partial charge in [0.25, 0.3) is 0 Å². The van der Waals surface area contributed by atoms with E-state index in [2.05, 4.69) is 21.7 Å². The highest BCUT2D eigenvalue weighted by molar-refractivity contribution is 7.10. The highest BCUT2D eigenvalue weighted by Crippen LogP contribution is 2.42. The molecule has 0 fully saturated rings. The van der Waals surface area contributed by atoms with Crippen LogP contribution in [-0.2, 0) is 11.2 Å². The number of carbonyl (C=O) groups is 1. The topological polar surface area (TPSA) is 60.0 Å². The molecule has 33 heavy (non-hydrogen) atoms. The molecule has 0 bridgehead atoms. The number of benzene rings is 2. The number of aryl methyl sites for hydroxylation is 1. The molecule has 0 radical (unpaired) electrons. The average Bonchev–Trinajstić information content (AvgIpc) is 3.34. The standard InChI is InChI=1S/C25H27ClN2O4S/c1-15-10-19(20(30-2)13-18(15)26)27-24(29)14-28-8-7-16-11-21(31-3)22(32-4)12-17(16)25(28)23-6-5-9-33-23/h5-6,9-13,25H,7-8,14H2,1-4H3,(H,27,29)/t25-/m1/s1. The van der Waals surface area contributed by atoms with Crippen LogP contribution in [0.25, 0.3) is 0 Å². The Hall–Kier alpha value is -2.74. The van der Waals surface area contributed by atoms with E-state index in [-0.39, 0.29) is 18.5 Å². The van der Waals surface area contributed by atoms with Crippen LogP contribution in [0.5, 0.6) is 17.2 Å². The van der Waals surface area contributed by atoms with Crippen LogP contribution in [0.2, 0.25) is 5.02 Å². The predicted molar refractivity (Wildman–Crippen MR) is 132 cm³/mol. The lowest BCUT2D eigenvalue weighted by atomic mass is 9.91. The normalized spacial score (nSPS) is 15.6. The van der Waals surface area contributed by atoms with E-state index in [9.17, 15) is 4.79 Å². The molecule has 1 aromatic heterocycles. The quantitative estimate of drug-likeness (QED) is 0.489. The van der Waals surface area contributed by atoms with Gasteiger partial charge < -0.3 is 19.5 Å². The van der Waals surface area contributed by atoms with Gasteiger partial charge in [0.05, 0.1) is 39.6 Å². The zero-order valence-corrected chi connectivity index (χ0v) is 20.7. The monoisotopic (exact) mass is 486 g/mol. The highest BCUT2D eigenvalue weighted by Gasteiger charge is 2.32. The van der Waals surface area contributed by atoms with Crippen molar-refractivity contribution < 1.29 is 19.0 Å². The number of anilines is 1. The zero-order valence-electron chi connectivity index (χ0n) is 19.1. The molecule has 2 aromatic carbocycles. The Bertz CT molecular complexity index is 1150. The van der Waals surface area contributed by atoms with Crippen molar-refractivity contribution in [3.05, 3.63) is 68.4 Å². The highest BCUT2D eigenvalue weighted by atomic mass is 35.5. The molecule has 174 valence electrons. The molecule has 1 aliphatic rings. The molecule has 0 aliphatic carbocycles. The van der Waals surface area contributed by atoms with Gasteiger partial charge in [0.2, 0.25) is 5.91 Å². The largest absolute Gasteiger partial charge is 0.495 e. The average molecular weight is 487 g/mol. The van der Waals surface area contributed by atoms with Crippen LogP contribution in [-0.4, -0.2) is 45.2 Å². The fraction of sp³-hybridized carbons (Fsp3) is 0.320. The Morgan fingerprint density at radius 2 is 1.85 bits per heavy atom. The van der Waals surface area contributed by atoms with E-state index in [1.807, 2.05) is 31.2 Å². The van der Waals surface area contributed by atoms with E-state index >= 15 is 0 Å². The fourth-order valence-electron chi connectivity index (χ4n) is 4.25. The van der Waals surface area contributed by atoms with Crippen molar-refractivity contribution in [2.24, 2.45) is 0 Å². The van der Waals surface area contributed by atoms with Gasteiger partial charge in [0.1, 0.15) is 5.75 Å². The Balaban J connectivity index is 1.63. The molecule has 8 heteroatoms. The lowest BCUT2D eigenvalue weighted by Gasteiger charge is -2.37. The van der Waals surface area contributed by atoms with E-state index in [4.69, 9.17) is 25.8 Å². The summed E-state index contributed by atoms with van der Waals surface area (Å²) in [6, 6.07) is 11.7. The van der Waals surface area contributed by atoms with Gasteiger partial charge in [0.15, 0.2) is 11.5 Å². The van der Waals surface area contributed by atoms with Crippen molar-refractivity contribution in [2.75, 3.05) is 39.7 Å². The first-order valence-electron chi connectivity index (χ1n) is 10.6. The van der Waals surface area contributed by atoms with Gasteiger partial charge in [-0.05, 0) is 59.7 Å². The summed E-state index contributed by atoms with van der Waals surface area (Å²) < 4.78 is 16.5. The summed E-state index contributed by atoms with van der Waals surface area (Å²) in [5, 5.41) is 5.66. The summed E-state index contributed by atoms with van der Waals surface area (Å²) in [6.45, 7) is 2.88. The SMILES string of the molecule is COc1cc(Cl)c(C)cc1NC(=O)CN1CCc2cc(OC)c(OC)cc2[C@@H]1c1cccs1. The lowest BCUT2D eigenvalue weighted by molar-refractivity contribution is -0.117. The summed E-state index contributed by atoms with van der Waals surface area (Å²) >= 11 is 7.89. The number of rotatable bonds is 7. The Morgan fingerprint density at radius 3 is 2.52 bits per heavy atom. The second-order valence-corrected chi connectivity index (χ2v) is 9.28. The molecule has 0 saturated heterocycles. The molecule has 4 rings (SSSR count). The zero-order chi connectivity index (χ0) is 23.5. The van der Waals surface area contributed by atoms with Crippen LogP contribution in [0.4, 0.5) is 5.69 Å². The van der Waals surface area contributed by atoms with Crippen molar-refractivity contribution >= 4 is 34.5 Å². The van der Waals surface area contributed by atoms with Crippen LogP contribution >= 0.6 is 22.9 Å². The smallest absolute Gasteiger partial charge is 0.238 e. The number of thiophene rings is 1. The molecule has 1 amide bonds. The molecular weight excluding hydrogens is 460 g/mol. The summed E-state index contributed by atoms with van der Waals surface area (Å²) in [6.07, 6.45) is 0.814. The van der Waals surface area contributed by atoms with Crippen molar-refractivity contribution in [2.45, 2.75) is 19.4 Å². The number of fused-ring (bicyclic) bond motifs is 1. The van der Waals surface area contributed by atoms with Gasteiger partial charge in [-0.2, -0.15) is 0 Å². The third-order valence-corrected chi connectivity index (χ3v) is 7.22. The van der Waals surface area contributed by atoms with E-state index < -0.39 is 0 Å². The second kappa shape index (κ2) is 10.0. The van der Waals surface area contributed by atoms with Crippen molar-refractivity contribution in [3.63, 3.8) is 0 Å². The molecule has 0 spiro atoms. The number of nitrogens with zero attached hydrogens (tertiary/aromatic N) is 1. The van der Waals surface area contributed by atoms with Crippen LogP contribution in [0.3, 0.4) is 0 Å². The third kappa shape index (κ3) is 4.81. The minimum atomic E-state index is -0.111. The molecular formula is C25H27ClN2O4S. The number of nitrogens with one attached hydrogen (secondary N) is 1. The number of methoxy groups -OCH3 is 3. The maximum absolute atomic E-state index is 13.1. The first-order chi connectivity index (χ1) is 15.9. The number of halogens is 1. The maximum atomic E-state index is 13.1. The predicted octanol–water partition coefficient (Wildman–Crippen LogP) is 5.32. The van der Waals surface area contributed by atoms with Gasteiger partial charge in [-0.3, -0.25) is 9.69 Å².